The number of hydrogen-bond donors (Lipinski definition) is 1. The van der Waals surface area contributed by atoms with E-state index >= 15 is 0 Å². The molecule has 29 heavy (non-hydrogen) atoms. The number of nitrogens with one attached hydrogen (secondary N) is 1. The average Bonchev–Trinajstić information content (AvgIpc) is 3.33. The summed E-state index contributed by atoms with van der Waals surface area (Å²) in [6.45, 7) is 5.76. The van der Waals surface area contributed by atoms with E-state index in [1.807, 2.05) is 5.38 Å². The summed E-state index contributed by atoms with van der Waals surface area (Å²) in [6, 6.07) is -0.193. The van der Waals surface area contributed by atoms with Crippen molar-refractivity contribution in [2.45, 2.75) is 58.9 Å². The summed E-state index contributed by atoms with van der Waals surface area (Å²) in [5, 5.41) is 5.75. The Kier molecular flexibility index (Phi) is 6.84. The van der Waals surface area contributed by atoms with Gasteiger partial charge in [0.05, 0.1) is 13.2 Å². The minimum atomic E-state index is -0.544. The molecule has 0 spiro atoms. The van der Waals surface area contributed by atoms with Gasteiger partial charge in [-0.3, -0.25) is 4.79 Å². The maximum Gasteiger partial charge on any atom is 0.360 e. The third-order valence-electron chi connectivity index (χ3n) is 4.94. The lowest BCUT2D eigenvalue weighted by Crippen LogP contribution is -2.31. The predicted octanol–water partition coefficient (Wildman–Crippen LogP) is 4.60. The maximum absolute atomic E-state index is 12.6. The molecule has 2 aromatic rings. The number of methoxy groups -OCH3 is 1. The third-order valence-corrected chi connectivity index (χ3v) is 5.87. The van der Waals surface area contributed by atoms with E-state index in [9.17, 15) is 9.59 Å². The topological polar surface area (TPSA) is 94.3 Å². The highest BCUT2D eigenvalue weighted by Crippen LogP contribution is 2.30. The zero-order chi connectivity index (χ0) is 21.0. The molecule has 0 unspecified atom stereocenters. The Labute approximate surface area is 174 Å². The van der Waals surface area contributed by atoms with Gasteiger partial charge in [0.1, 0.15) is 16.5 Å². The van der Waals surface area contributed by atoms with Crippen molar-refractivity contribution in [2.75, 3.05) is 7.11 Å². The molecule has 1 aliphatic rings. The molecule has 0 aliphatic heterocycles. The molecular weight excluding hydrogens is 390 g/mol. The molecule has 1 N–H and O–H groups in total. The monoisotopic (exact) mass is 417 g/mol. The van der Waals surface area contributed by atoms with Gasteiger partial charge in [-0.05, 0) is 38.5 Å². The van der Waals surface area contributed by atoms with E-state index in [0.29, 0.717) is 17.9 Å². The number of nitrogens with zero attached hydrogens (tertiary/aromatic N) is 2. The van der Waals surface area contributed by atoms with Crippen LogP contribution in [0.4, 0.5) is 0 Å². The van der Waals surface area contributed by atoms with Gasteiger partial charge in [0.25, 0.3) is 0 Å². The number of thiazole rings is 1. The van der Waals surface area contributed by atoms with Gasteiger partial charge in [0, 0.05) is 11.8 Å². The van der Waals surface area contributed by atoms with Crippen molar-refractivity contribution in [2.24, 2.45) is 5.92 Å². The van der Waals surface area contributed by atoms with Gasteiger partial charge in [-0.25, -0.2) is 14.8 Å². The number of amides is 1. The Bertz CT molecular complexity index is 913. The number of esters is 1. The summed E-state index contributed by atoms with van der Waals surface area (Å²) in [5.74, 6) is 0.309. The smallest absolute Gasteiger partial charge is 0.360 e. The van der Waals surface area contributed by atoms with E-state index in [1.54, 1.807) is 6.92 Å². The standard InChI is InChI=1S/C21H27N3O4S/c1-12(2)17(23-16(25)10-14-8-6-5-7-9-14)20-22-15(11-29-20)19-24-18(13(3)28-19)21(26)27-4/h8,11-12,17H,5-7,9-10H2,1-4H3,(H,23,25)/t17-/m0/s1. The molecule has 0 radical (unpaired) electrons. The van der Waals surface area contributed by atoms with Gasteiger partial charge in [0.2, 0.25) is 11.8 Å². The van der Waals surface area contributed by atoms with Crippen LogP contribution in [0.25, 0.3) is 11.6 Å². The lowest BCUT2D eigenvalue weighted by molar-refractivity contribution is -0.121. The Morgan fingerprint density at radius 1 is 1.31 bits per heavy atom. The largest absolute Gasteiger partial charge is 0.464 e. The van der Waals surface area contributed by atoms with Crippen molar-refractivity contribution in [3.8, 4) is 11.6 Å². The minimum Gasteiger partial charge on any atom is -0.464 e. The molecule has 7 nitrogen and oxygen atoms in total. The highest BCUT2D eigenvalue weighted by atomic mass is 32.1. The van der Waals surface area contributed by atoms with Gasteiger partial charge >= 0.3 is 5.97 Å². The van der Waals surface area contributed by atoms with Gasteiger partial charge in [-0.2, -0.15) is 0 Å². The number of allylic oxidation sites excluding steroid dienone is 1. The van der Waals surface area contributed by atoms with E-state index in [1.165, 1.54) is 30.4 Å². The van der Waals surface area contributed by atoms with Crippen molar-refractivity contribution in [3.05, 3.63) is 33.5 Å². The van der Waals surface area contributed by atoms with Crippen molar-refractivity contribution < 1.29 is 18.7 Å². The van der Waals surface area contributed by atoms with Crippen LogP contribution >= 0.6 is 11.3 Å². The first-order valence-electron chi connectivity index (χ1n) is 9.87. The lowest BCUT2D eigenvalue weighted by atomic mass is 9.96. The van der Waals surface area contributed by atoms with Gasteiger partial charge in [-0.1, -0.05) is 25.5 Å². The zero-order valence-corrected chi connectivity index (χ0v) is 18.1. The fraction of sp³-hybridized carbons (Fsp3) is 0.524. The molecule has 0 aromatic carbocycles. The Morgan fingerprint density at radius 3 is 2.76 bits per heavy atom. The number of oxazole rings is 1. The van der Waals surface area contributed by atoms with E-state index < -0.39 is 5.97 Å². The van der Waals surface area contributed by atoms with Gasteiger partial charge in [-0.15, -0.1) is 11.3 Å². The Morgan fingerprint density at radius 2 is 2.10 bits per heavy atom. The van der Waals surface area contributed by atoms with Crippen LogP contribution in [0.2, 0.25) is 0 Å². The van der Waals surface area contributed by atoms with Crippen LogP contribution < -0.4 is 5.32 Å². The molecule has 1 atom stereocenters. The SMILES string of the molecule is COC(=O)c1nc(-c2csc([C@@H](NC(=O)CC3=CCCCC3)C(C)C)n2)oc1C. The number of aromatic nitrogens is 2. The quantitative estimate of drug-likeness (QED) is 0.523. The molecule has 1 aliphatic carbocycles. The first kappa shape index (κ1) is 21.2. The van der Waals surface area contributed by atoms with E-state index in [4.69, 9.17) is 9.15 Å². The van der Waals surface area contributed by atoms with Gasteiger partial charge in [0.15, 0.2) is 5.69 Å². The molecule has 0 fully saturated rings. The van der Waals surface area contributed by atoms with Crippen LogP contribution in [0.1, 0.15) is 73.2 Å². The van der Waals surface area contributed by atoms with Crippen LogP contribution in [-0.4, -0.2) is 29.0 Å². The number of carbonyl (C=O) groups excluding carboxylic acids is 2. The Balaban J connectivity index is 1.74. The van der Waals surface area contributed by atoms with Crippen LogP contribution in [-0.2, 0) is 9.53 Å². The number of carbonyl (C=O) groups is 2. The Hall–Kier alpha value is -2.48. The molecule has 0 saturated carbocycles. The molecule has 156 valence electrons. The van der Waals surface area contributed by atoms with Crippen molar-refractivity contribution in [1.29, 1.82) is 0 Å². The third kappa shape index (κ3) is 5.12. The summed E-state index contributed by atoms with van der Waals surface area (Å²) in [6.07, 6.45) is 7.08. The first-order chi connectivity index (χ1) is 13.9. The number of hydrogen-bond acceptors (Lipinski definition) is 7. The molecule has 0 bridgehead atoms. The molecule has 8 heteroatoms. The molecule has 2 heterocycles. The summed E-state index contributed by atoms with van der Waals surface area (Å²) in [7, 11) is 1.30. The summed E-state index contributed by atoms with van der Waals surface area (Å²) < 4.78 is 10.3. The average molecular weight is 418 g/mol. The molecule has 1 amide bonds. The zero-order valence-electron chi connectivity index (χ0n) is 17.3. The van der Waals surface area contributed by atoms with Crippen molar-refractivity contribution >= 4 is 23.2 Å². The second-order valence-electron chi connectivity index (χ2n) is 7.56. The van der Waals surface area contributed by atoms with Crippen molar-refractivity contribution in [1.82, 2.24) is 15.3 Å². The fourth-order valence-corrected chi connectivity index (χ4v) is 4.34. The highest BCUT2D eigenvalue weighted by molar-refractivity contribution is 7.10. The molecular formula is C21H27N3O4S. The molecule has 2 aromatic heterocycles. The minimum absolute atomic E-state index is 0.0218. The van der Waals surface area contributed by atoms with Crippen LogP contribution in [0.15, 0.2) is 21.4 Å². The first-order valence-corrected chi connectivity index (χ1v) is 10.8. The van der Waals surface area contributed by atoms with Gasteiger partial charge < -0.3 is 14.5 Å². The summed E-state index contributed by atoms with van der Waals surface area (Å²) in [5.41, 5.74) is 1.91. The summed E-state index contributed by atoms with van der Waals surface area (Å²) in [4.78, 5) is 33.2. The maximum atomic E-state index is 12.6. The summed E-state index contributed by atoms with van der Waals surface area (Å²) >= 11 is 1.44. The van der Waals surface area contributed by atoms with Crippen LogP contribution in [0.5, 0.6) is 0 Å². The van der Waals surface area contributed by atoms with Crippen LogP contribution in [0, 0.1) is 12.8 Å². The number of ether oxygens (including phenoxy) is 1. The lowest BCUT2D eigenvalue weighted by Gasteiger charge is -2.21. The van der Waals surface area contributed by atoms with Crippen molar-refractivity contribution in [3.63, 3.8) is 0 Å². The fourth-order valence-electron chi connectivity index (χ4n) is 3.33. The second-order valence-corrected chi connectivity index (χ2v) is 8.45. The van der Waals surface area contributed by atoms with E-state index in [0.717, 1.165) is 24.3 Å². The predicted molar refractivity (Wildman–Crippen MR) is 111 cm³/mol. The number of rotatable bonds is 7. The van der Waals surface area contributed by atoms with E-state index in [-0.39, 0.29) is 29.5 Å². The molecule has 3 rings (SSSR count). The molecule has 0 saturated heterocycles. The van der Waals surface area contributed by atoms with Crippen LogP contribution in [0.3, 0.4) is 0 Å². The van der Waals surface area contributed by atoms with E-state index in [2.05, 4.69) is 35.2 Å². The normalized spacial score (nSPS) is 15.1. The number of aryl methyl sites for hydroxylation is 1. The highest BCUT2D eigenvalue weighted by Gasteiger charge is 2.25. The second kappa shape index (κ2) is 9.35.